The molecule has 0 aliphatic rings. The summed E-state index contributed by atoms with van der Waals surface area (Å²) in [5, 5.41) is 5.88. The summed E-state index contributed by atoms with van der Waals surface area (Å²) in [6.07, 6.45) is 0. The van der Waals surface area contributed by atoms with Crippen molar-refractivity contribution in [3.05, 3.63) is 24.3 Å². The molecule has 0 bridgehead atoms. The van der Waals surface area contributed by atoms with E-state index in [4.69, 9.17) is 4.74 Å². The first kappa shape index (κ1) is 13.4. The van der Waals surface area contributed by atoms with Gasteiger partial charge in [-0.05, 0) is 32.9 Å². The first-order valence-electron chi connectivity index (χ1n) is 5.88. The quantitative estimate of drug-likeness (QED) is 0.794. The summed E-state index contributed by atoms with van der Waals surface area (Å²) >= 11 is 0. The molecule has 0 aliphatic heterocycles. The Bertz CT molecular complexity index is 364. The molecule has 1 aromatic rings. The molecule has 0 saturated heterocycles. The van der Waals surface area contributed by atoms with Gasteiger partial charge in [0.05, 0.1) is 13.2 Å². The zero-order chi connectivity index (χ0) is 12.7. The number of amides is 1. The monoisotopic (exact) mass is 236 g/mol. The van der Waals surface area contributed by atoms with Crippen molar-refractivity contribution in [2.24, 2.45) is 0 Å². The summed E-state index contributed by atoms with van der Waals surface area (Å²) in [5.74, 6) is 0.795. The van der Waals surface area contributed by atoms with Crippen molar-refractivity contribution in [3.63, 3.8) is 0 Å². The van der Waals surface area contributed by atoms with Crippen molar-refractivity contribution in [3.8, 4) is 5.75 Å². The van der Waals surface area contributed by atoms with Gasteiger partial charge in [0.2, 0.25) is 5.91 Å². The molecule has 0 aliphatic carbocycles. The van der Waals surface area contributed by atoms with E-state index in [9.17, 15) is 4.79 Å². The highest BCUT2D eigenvalue weighted by Gasteiger charge is 2.03. The van der Waals surface area contributed by atoms with Crippen molar-refractivity contribution >= 4 is 11.6 Å². The van der Waals surface area contributed by atoms with Gasteiger partial charge in [0.25, 0.3) is 0 Å². The largest absolute Gasteiger partial charge is 0.494 e. The molecule has 0 saturated carbocycles. The number of carbonyl (C=O) groups is 1. The van der Waals surface area contributed by atoms with Crippen LogP contribution < -0.4 is 15.4 Å². The lowest BCUT2D eigenvalue weighted by molar-refractivity contribution is -0.119. The van der Waals surface area contributed by atoms with Crippen LogP contribution in [0.5, 0.6) is 5.75 Å². The highest BCUT2D eigenvalue weighted by atomic mass is 16.5. The van der Waals surface area contributed by atoms with Gasteiger partial charge in [-0.3, -0.25) is 4.79 Å². The molecule has 0 spiro atoms. The number of nitrogens with one attached hydrogen (secondary N) is 2. The molecule has 4 nitrogen and oxygen atoms in total. The van der Waals surface area contributed by atoms with Gasteiger partial charge in [-0.15, -0.1) is 0 Å². The second-order valence-corrected chi connectivity index (χ2v) is 4.04. The summed E-state index contributed by atoms with van der Waals surface area (Å²) in [7, 11) is 0. The van der Waals surface area contributed by atoms with Crippen LogP contribution >= 0.6 is 0 Å². The zero-order valence-electron chi connectivity index (χ0n) is 10.6. The third kappa shape index (κ3) is 5.24. The van der Waals surface area contributed by atoms with Crippen LogP contribution in [0.1, 0.15) is 20.8 Å². The zero-order valence-corrected chi connectivity index (χ0v) is 10.6. The van der Waals surface area contributed by atoms with Crippen LogP contribution in [0, 0.1) is 0 Å². The smallest absolute Gasteiger partial charge is 0.239 e. The van der Waals surface area contributed by atoms with Crippen LogP contribution in [-0.4, -0.2) is 25.1 Å². The lowest BCUT2D eigenvalue weighted by atomic mass is 10.3. The Morgan fingerprint density at radius 2 is 2.18 bits per heavy atom. The number of anilines is 1. The second kappa shape index (κ2) is 6.78. The summed E-state index contributed by atoms with van der Waals surface area (Å²) in [4.78, 5) is 11.4. The van der Waals surface area contributed by atoms with E-state index in [2.05, 4.69) is 10.6 Å². The number of hydrogen-bond donors (Lipinski definition) is 2. The SMILES string of the molecule is CCOc1cccc(NCC(=O)NC(C)C)c1. The summed E-state index contributed by atoms with van der Waals surface area (Å²) in [5.41, 5.74) is 0.884. The molecule has 1 rings (SSSR count). The maximum atomic E-state index is 11.4. The molecular weight excluding hydrogens is 216 g/mol. The molecule has 1 amide bonds. The minimum absolute atomic E-state index is 0.0122. The van der Waals surface area contributed by atoms with Crippen molar-refractivity contribution in [1.82, 2.24) is 5.32 Å². The Kier molecular flexibility index (Phi) is 5.33. The Balaban J connectivity index is 2.45. The van der Waals surface area contributed by atoms with E-state index in [0.29, 0.717) is 6.61 Å². The summed E-state index contributed by atoms with van der Waals surface area (Å²) in [6.45, 7) is 6.72. The fourth-order valence-electron chi connectivity index (χ4n) is 1.42. The van der Waals surface area contributed by atoms with E-state index >= 15 is 0 Å². The summed E-state index contributed by atoms with van der Waals surface area (Å²) in [6, 6.07) is 7.74. The van der Waals surface area contributed by atoms with E-state index in [1.165, 1.54) is 0 Å². The van der Waals surface area contributed by atoms with Crippen molar-refractivity contribution in [2.75, 3.05) is 18.5 Å². The van der Waals surface area contributed by atoms with Crippen molar-refractivity contribution in [2.45, 2.75) is 26.8 Å². The fraction of sp³-hybridized carbons (Fsp3) is 0.462. The van der Waals surface area contributed by atoms with Crippen LogP contribution in [0.4, 0.5) is 5.69 Å². The fourth-order valence-corrected chi connectivity index (χ4v) is 1.42. The van der Waals surface area contributed by atoms with Gasteiger partial charge >= 0.3 is 0 Å². The number of hydrogen-bond acceptors (Lipinski definition) is 3. The number of ether oxygens (including phenoxy) is 1. The normalized spacial score (nSPS) is 10.1. The van der Waals surface area contributed by atoms with E-state index in [-0.39, 0.29) is 18.5 Å². The molecule has 2 N–H and O–H groups in total. The van der Waals surface area contributed by atoms with Gasteiger partial charge in [-0.1, -0.05) is 6.07 Å². The maximum absolute atomic E-state index is 11.4. The number of carbonyl (C=O) groups excluding carboxylic acids is 1. The lowest BCUT2D eigenvalue weighted by Gasteiger charge is -2.11. The van der Waals surface area contributed by atoms with Crippen LogP contribution in [0.15, 0.2) is 24.3 Å². The van der Waals surface area contributed by atoms with E-state index in [0.717, 1.165) is 11.4 Å². The lowest BCUT2D eigenvalue weighted by Crippen LogP contribution is -2.34. The Morgan fingerprint density at radius 3 is 2.82 bits per heavy atom. The van der Waals surface area contributed by atoms with Gasteiger partial charge in [-0.25, -0.2) is 0 Å². The van der Waals surface area contributed by atoms with E-state index in [1.807, 2.05) is 45.0 Å². The molecule has 1 aromatic carbocycles. The Hall–Kier alpha value is -1.71. The van der Waals surface area contributed by atoms with Gasteiger partial charge in [0, 0.05) is 17.8 Å². The van der Waals surface area contributed by atoms with Gasteiger partial charge in [0.1, 0.15) is 5.75 Å². The van der Waals surface area contributed by atoms with E-state index in [1.54, 1.807) is 0 Å². The first-order chi connectivity index (χ1) is 8.11. The highest BCUT2D eigenvalue weighted by molar-refractivity contribution is 5.80. The average Bonchev–Trinajstić information content (AvgIpc) is 2.26. The Labute approximate surface area is 102 Å². The van der Waals surface area contributed by atoms with Gasteiger partial charge < -0.3 is 15.4 Å². The molecule has 4 heteroatoms. The van der Waals surface area contributed by atoms with Gasteiger partial charge in [0.15, 0.2) is 0 Å². The van der Waals surface area contributed by atoms with E-state index < -0.39 is 0 Å². The summed E-state index contributed by atoms with van der Waals surface area (Å²) < 4.78 is 5.38. The topological polar surface area (TPSA) is 50.4 Å². The first-order valence-corrected chi connectivity index (χ1v) is 5.88. The molecule has 17 heavy (non-hydrogen) atoms. The standard InChI is InChI=1S/C13H20N2O2/c1-4-17-12-7-5-6-11(8-12)14-9-13(16)15-10(2)3/h5-8,10,14H,4,9H2,1-3H3,(H,15,16). The molecular formula is C13H20N2O2. The predicted molar refractivity (Wildman–Crippen MR) is 69.4 cm³/mol. The third-order valence-electron chi connectivity index (χ3n) is 2.05. The van der Waals surface area contributed by atoms with Crippen LogP contribution in [0.2, 0.25) is 0 Å². The minimum atomic E-state index is -0.0122. The average molecular weight is 236 g/mol. The number of benzene rings is 1. The highest BCUT2D eigenvalue weighted by Crippen LogP contribution is 2.16. The molecule has 0 heterocycles. The Morgan fingerprint density at radius 1 is 1.41 bits per heavy atom. The second-order valence-electron chi connectivity index (χ2n) is 4.04. The minimum Gasteiger partial charge on any atom is -0.494 e. The van der Waals surface area contributed by atoms with Crippen molar-refractivity contribution < 1.29 is 9.53 Å². The van der Waals surface area contributed by atoms with Crippen LogP contribution in [0.3, 0.4) is 0 Å². The number of rotatable bonds is 6. The molecule has 94 valence electrons. The predicted octanol–water partition coefficient (Wildman–Crippen LogP) is 2.02. The molecule has 0 atom stereocenters. The molecule has 0 unspecified atom stereocenters. The van der Waals surface area contributed by atoms with Gasteiger partial charge in [-0.2, -0.15) is 0 Å². The maximum Gasteiger partial charge on any atom is 0.239 e. The van der Waals surface area contributed by atoms with Crippen molar-refractivity contribution in [1.29, 1.82) is 0 Å². The van der Waals surface area contributed by atoms with Crippen LogP contribution in [-0.2, 0) is 4.79 Å². The third-order valence-corrected chi connectivity index (χ3v) is 2.05. The molecule has 0 aromatic heterocycles. The molecule has 0 radical (unpaired) electrons. The molecule has 0 fully saturated rings. The van der Waals surface area contributed by atoms with Crippen LogP contribution in [0.25, 0.3) is 0 Å².